The van der Waals surface area contributed by atoms with Crippen molar-refractivity contribution in [2.24, 2.45) is 11.7 Å². The Kier molecular flexibility index (Phi) is 2.46. The van der Waals surface area contributed by atoms with Gasteiger partial charge in [0.1, 0.15) is 0 Å². The molecule has 2 nitrogen and oxygen atoms in total. The normalized spacial score (nSPS) is 32.3. The third-order valence-electron chi connectivity index (χ3n) is 1.86. The second-order valence-corrected chi connectivity index (χ2v) is 3.23. The van der Waals surface area contributed by atoms with E-state index in [0.717, 1.165) is 13.1 Å². The van der Waals surface area contributed by atoms with Crippen LogP contribution in [0.3, 0.4) is 0 Å². The molecule has 0 radical (unpaired) electrons. The van der Waals surface area contributed by atoms with Crippen molar-refractivity contribution in [3.63, 3.8) is 0 Å². The lowest BCUT2D eigenvalue weighted by Crippen LogP contribution is -2.27. The Morgan fingerprint density at radius 3 is 2.60 bits per heavy atom. The molecule has 1 aliphatic heterocycles. The summed E-state index contributed by atoms with van der Waals surface area (Å²) in [6, 6.07) is 0.329. The second-order valence-electron chi connectivity index (χ2n) is 3.23. The zero-order chi connectivity index (χ0) is 7.56. The van der Waals surface area contributed by atoms with Gasteiger partial charge in [-0.15, -0.1) is 0 Å². The highest BCUT2D eigenvalue weighted by atomic mass is 15.0. The van der Waals surface area contributed by atoms with Gasteiger partial charge in [0.05, 0.1) is 0 Å². The summed E-state index contributed by atoms with van der Waals surface area (Å²) in [5.74, 6) is 0.560. The summed E-state index contributed by atoms with van der Waals surface area (Å²) in [5.41, 5.74) is 7.19. The molecule has 0 bridgehead atoms. The number of rotatable bonds is 1. The molecule has 1 aliphatic rings. The Labute approximate surface area is 62.5 Å². The fourth-order valence-corrected chi connectivity index (χ4v) is 1.33. The van der Waals surface area contributed by atoms with Gasteiger partial charge in [0.25, 0.3) is 0 Å². The largest absolute Gasteiger partial charge is 0.326 e. The first-order chi connectivity index (χ1) is 4.70. The number of hydrogen-bond acceptors (Lipinski definition) is 2. The third-order valence-corrected chi connectivity index (χ3v) is 1.86. The fraction of sp³-hybridized carbons (Fsp3) is 0.750. The number of nitrogens with one attached hydrogen (secondary N) is 1. The maximum absolute atomic E-state index is 5.82. The van der Waals surface area contributed by atoms with Crippen molar-refractivity contribution in [1.29, 1.82) is 0 Å². The average Bonchev–Trinajstić information content (AvgIpc) is 2.15. The SMILES string of the molecule is CC(C)=CC1CNCC1N. The molecule has 2 unspecified atom stereocenters. The van der Waals surface area contributed by atoms with E-state index in [9.17, 15) is 0 Å². The molecule has 0 aromatic heterocycles. The first kappa shape index (κ1) is 7.76. The summed E-state index contributed by atoms with van der Waals surface area (Å²) in [4.78, 5) is 0. The van der Waals surface area contributed by atoms with Crippen LogP contribution in [0.1, 0.15) is 13.8 Å². The lowest BCUT2D eigenvalue weighted by atomic mass is 10.0. The molecule has 0 aliphatic carbocycles. The number of hydrogen-bond donors (Lipinski definition) is 2. The fourth-order valence-electron chi connectivity index (χ4n) is 1.33. The molecular weight excluding hydrogens is 124 g/mol. The van der Waals surface area contributed by atoms with Crippen molar-refractivity contribution in [3.8, 4) is 0 Å². The monoisotopic (exact) mass is 140 g/mol. The Morgan fingerprint density at radius 1 is 1.50 bits per heavy atom. The van der Waals surface area contributed by atoms with Crippen LogP contribution in [0.5, 0.6) is 0 Å². The zero-order valence-corrected chi connectivity index (χ0v) is 6.72. The first-order valence-electron chi connectivity index (χ1n) is 3.81. The van der Waals surface area contributed by atoms with Crippen molar-refractivity contribution in [2.45, 2.75) is 19.9 Å². The Hall–Kier alpha value is -0.340. The minimum absolute atomic E-state index is 0.329. The van der Waals surface area contributed by atoms with E-state index in [4.69, 9.17) is 5.73 Å². The van der Waals surface area contributed by atoms with Crippen LogP contribution < -0.4 is 11.1 Å². The van der Waals surface area contributed by atoms with Gasteiger partial charge in [-0.25, -0.2) is 0 Å². The van der Waals surface area contributed by atoms with E-state index in [1.165, 1.54) is 5.57 Å². The van der Waals surface area contributed by atoms with Crippen LogP contribution in [-0.2, 0) is 0 Å². The van der Waals surface area contributed by atoms with Crippen LogP contribution in [0.25, 0.3) is 0 Å². The smallest absolute Gasteiger partial charge is 0.0241 e. The summed E-state index contributed by atoms with van der Waals surface area (Å²) in [7, 11) is 0. The van der Waals surface area contributed by atoms with Crippen LogP contribution in [0.15, 0.2) is 11.6 Å². The van der Waals surface area contributed by atoms with Gasteiger partial charge >= 0.3 is 0 Å². The molecule has 0 aromatic carbocycles. The maximum atomic E-state index is 5.82. The molecule has 0 aromatic rings. The highest BCUT2D eigenvalue weighted by Gasteiger charge is 2.20. The Bertz CT molecular complexity index is 136. The molecule has 10 heavy (non-hydrogen) atoms. The lowest BCUT2D eigenvalue weighted by molar-refractivity contribution is 0.619. The van der Waals surface area contributed by atoms with Crippen molar-refractivity contribution in [1.82, 2.24) is 5.32 Å². The molecule has 2 atom stereocenters. The second kappa shape index (κ2) is 3.17. The first-order valence-corrected chi connectivity index (χ1v) is 3.81. The molecule has 0 spiro atoms. The topological polar surface area (TPSA) is 38.0 Å². The van der Waals surface area contributed by atoms with Gasteiger partial charge in [-0.1, -0.05) is 11.6 Å². The van der Waals surface area contributed by atoms with Crippen LogP contribution in [0.4, 0.5) is 0 Å². The highest BCUT2D eigenvalue weighted by molar-refractivity contribution is 5.04. The Morgan fingerprint density at radius 2 is 2.20 bits per heavy atom. The summed E-state index contributed by atoms with van der Waals surface area (Å²) >= 11 is 0. The van der Waals surface area contributed by atoms with Gasteiger partial charge in [-0.2, -0.15) is 0 Å². The molecule has 3 N–H and O–H groups in total. The van der Waals surface area contributed by atoms with E-state index in [0.29, 0.717) is 12.0 Å². The lowest BCUT2D eigenvalue weighted by Gasteiger charge is -2.08. The van der Waals surface area contributed by atoms with Crippen LogP contribution in [0.2, 0.25) is 0 Å². The molecule has 58 valence electrons. The molecule has 2 heteroatoms. The minimum Gasteiger partial charge on any atom is -0.326 e. The van der Waals surface area contributed by atoms with E-state index >= 15 is 0 Å². The number of allylic oxidation sites excluding steroid dienone is 1. The van der Waals surface area contributed by atoms with E-state index in [1.807, 2.05) is 0 Å². The van der Waals surface area contributed by atoms with Gasteiger partial charge in [-0.05, 0) is 13.8 Å². The predicted octanol–water partition coefficient (Wildman–Crippen LogP) is 0.499. The van der Waals surface area contributed by atoms with E-state index in [1.54, 1.807) is 0 Å². The molecule has 1 rings (SSSR count). The van der Waals surface area contributed by atoms with Crippen LogP contribution in [0, 0.1) is 5.92 Å². The molecule has 1 heterocycles. The highest BCUT2D eigenvalue weighted by Crippen LogP contribution is 2.10. The van der Waals surface area contributed by atoms with Crippen molar-refractivity contribution in [2.75, 3.05) is 13.1 Å². The van der Waals surface area contributed by atoms with Gasteiger partial charge in [0.15, 0.2) is 0 Å². The maximum Gasteiger partial charge on any atom is 0.0241 e. The summed E-state index contributed by atoms with van der Waals surface area (Å²) in [6.45, 7) is 6.25. The molecule has 1 saturated heterocycles. The molecule has 1 fully saturated rings. The zero-order valence-electron chi connectivity index (χ0n) is 6.72. The quantitative estimate of drug-likeness (QED) is 0.520. The summed E-state index contributed by atoms with van der Waals surface area (Å²) in [5, 5.41) is 3.26. The minimum atomic E-state index is 0.329. The van der Waals surface area contributed by atoms with Crippen LogP contribution in [-0.4, -0.2) is 19.1 Å². The Balaban J connectivity index is 2.48. The third kappa shape index (κ3) is 1.82. The van der Waals surface area contributed by atoms with Crippen molar-refractivity contribution >= 4 is 0 Å². The van der Waals surface area contributed by atoms with E-state index < -0.39 is 0 Å². The summed E-state index contributed by atoms with van der Waals surface area (Å²) < 4.78 is 0. The van der Waals surface area contributed by atoms with E-state index in [2.05, 4.69) is 25.2 Å². The molecule has 0 amide bonds. The average molecular weight is 140 g/mol. The predicted molar refractivity (Wildman–Crippen MR) is 43.8 cm³/mol. The van der Waals surface area contributed by atoms with Gasteiger partial charge in [-0.3, -0.25) is 0 Å². The van der Waals surface area contributed by atoms with Gasteiger partial charge in [0.2, 0.25) is 0 Å². The number of nitrogens with two attached hydrogens (primary N) is 1. The van der Waals surface area contributed by atoms with Crippen LogP contribution >= 0.6 is 0 Å². The molecule has 0 saturated carbocycles. The summed E-state index contributed by atoms with van der Waals surface area (Å²) in [6.07, 6.45) is 2.25. The molecular formula is C8H16N2. The standard InChI is InChI=1S/C8H16N2/c1-6(2)3-7-4-10-5-8(7)9/h3,7-8,10H,4-5,9H2,1-2H3. The van der Waals surface area contributed by atoms with Gasteiger partial charge < -0.3 is 11.1 Å². The van der Waals surface area contributed by atoms with Crippen molar-refractivity contribution in [3.05, 3.63) is 11.6 Å². The van der Waals surface area contributed by atoms with Crippen molar-refractivity contribution < 1.29 is 0 Å². The van der Waals surface area contributed by atoms with Gasteiger partial charge in [0, 0.05) is 25.0 Å². The van der Waals surface area contributed by atoms with E-state index in [-0.39, 0.29) is 0 Å².